The van der Waals surface area contributed by atoms with Crippen LogP contribution in [0.1, 0.15) is 59.1 Å². The van der Waals surface area contributed by atoms with Gasteiger partial charge < -0.3 is 20.1 Å². The number of anilines is 1. The van der Waals surface area contributed by atoms with Crippen molar-refractivity contribution in [3.63, 3.8) is 0 Å². The number of aromatic nitrogens is 1. The number of alkyl carbamates (subject to hydrolysis) is 1. The fourth-order valence-electron chi connectivity index (χ4n) is 3.86. The van der Waals surface area contributed by atoms with Crippen LogP contribution < -0.4 is 10.2 Å². The standard InChI is InChI=1S/C26H34FN3O4/c1-6-16(2)23(29-25(33)34-26(3,4)5)15-30(18-8-10-19(31)11-9-18)24(32)21-13-20(21)22-12-7-17(27)14-28-22/h7-12,14,16,20-21,23,31H,6,13,15H2,1-5H3,(H,29,33)/t16-,20?,21?,23+/m0/s1. The van der Waals surface area contributed by atoms with Crippen LogP contribution >= 0.6 is 0 Å². The molecule has 34 heavy (non-hydrogen) atoms. The number of phenolic OH excluding ortho intramolecular Hbond substituents is 1. The molecule has 1 aliphatic rings. The molecule has 1 aliphatic carbocycles. The zero-order valence-electron chi connectivity index (χ0n) is 20.4. The number of aromatic hydroxyl groups is 1. The first-order valence-corrected chi connectivity index (χ1v) is 11.7. The molecule has 1 saturated carbocycles. The second kappa shape index (κ2) is 10.4. The Morgan fingerprint density at radius 2 is 1.91 bits per heavy atom. The Labute approximate surface area is 200 Å². The molecular formula is C26H34FN3O4. The molecule has 1 heterocycles. The number of pyridine rings is 1. The van der Waals surface area contributed by atoms with E-state index in [0.717, 1.165) is 12.6 Å². The predicted molar refractivity (Wildman–Crippen MR) is 128 cm³/mol. The lowest BCUT2D eigenvalue weighted by molar-refractivity contribution is -0.120. The van der Waals surface area contributed by atoms with Crippen molar-refractivity contribution in [1.82, 2.24) is 10.3 Å². The number of benzene rings is 1. The first-order valence-electron chi connectivity index (χ1n) is 11.7. The average Bonchev–Trinajstić information content (AvgIpc) is 3.56. The van der Waals surface area contributed by atoms with Gasteiger partial charge in [0.05, 0.1) is 12.2 Å². The number of halogens is 1. The maximum atomic E-state index is 13.6. The van der Waals surface area contributed by atoms with Crippen LogP contribution in [0.15, 0.2) is 42.6 Å². The third-order valence-corrected chi connectivity index (χ3v) is 6.08. The third kappa shape index (κ3) is 6.68. The highest BCUT2D eigenvalue weighted by Crippen LogP contribution is 2.48. The number of hydrogen-bond acceptors (Lipinski definition) is 5. The molecule has 3 rings (SSSR count). The maximum absolute atomic E-state index is 13.6. The molecule has 0 saturated heterocycles. The molecule has 1 aromatic carbocycles. The van der Waals surface area contributed by atoms with Crippen LogP contribution in [-0.2, 0) is 9.53 Å². The molecule has 2 N–H and O–H groups in total. The second-order valence-electron chi connectivity index (χ2n) is 9.95. The van der Waals surface area contributed by atoms with Gasteiger partial charge in [0.25, 0.3) is 0 Å². The lowest BCUT2D eigenvalue weighted by Crippen LogP contribution is -2.50. The van der Waals surface area contributed by atoms with Crippen LogP contribution in [0.5, 0.6) is 5.75 Å². The molecule has 1 aromatic heterocycles. The summed E-state index contributed by atoms with van der Waals surface area (Å²) in [5, 5.41) is 12.7. The van der Waals surface area contributed by atoms with Gasteiger partial charge in [0.1, 0.15) is 17.2 Å². The van der Waals surface area contributed by atoms with Crippen LogP contribution in [0.2, 0.25) is 0 Å². The van der Waals surface area contributed by atoms with Crippen LogP contribution in [0.25, 0.3) is 0 Å². The van der Waals surface area contributed by atoms with Crippen molar-refractivity contribution in [2.45, 2.75) is 65.0 Å². The molecule has 0 spiro atoms. The van der Waals surface area contributed by atoms with Crippen molar-refractivity contribution in [2.24, 2.45) is 11.8 Å². The van der Waals surface area contributed by atoms with E-state index in [-0.39, 0.29) is 42.0 Å². The highest BCUT2D eigenvalue weighted by atomic mass is 19.1. The van der Waals surface area contributed by atoms with E-state index < -0.39 is 17.5 Å². The van der Waals surface area contributed by atoms with Crippen LogP contribution in [0.4, 0.5) is 14.9 Å². The Balaban J connectivity index is 1.83. The number of carbonyl (C=O) groups excluding carboxylic acids is 2. The number of rotatable bonds is 8. The van der Waals surface area contributed by atoms with Gasteiger partial charge in [-0.2, -0.15) is 0 Å². The highest BCUT2D eigenvalue weighted by molar-refractivity contribution is 5.97. The van der Waals surface area contributed by atoms with Gasteiger partial charge in [-0.1, -0.05) is 20.3 Å². The van der Waals surface area contributed by atoms with E-state index in [4.69, 9.17) is 4.74 Å². The molecule has 0 aliphatic heterocycles. The summed E-state index contributed by atoms with van der Waals surface area (Å²) in [5.74, 6) is -0.696. The van der Waals surface area contributed by atoms with Crippen LogP contribution in [0, 0.1) is 17.7 Å². The minimum atomic E-state index is -0.639. The monoisotopic (exact) mass is 471 g/mol. The van der Waals surface area contributed by atoms with E-state index in [2.05, 4.69) is 10.3 Å². The van der Waals surface area contributed by atoms with Crippen molar-refractivity contribution in [3.05, 3.63) is 54.1 Å². The van der Waals surface area contributed by atoms with Crippen molar-refractivity contribution >= 4 is 17.7 Å². The number of nitrogens with one attached hydrogen (secondary N) is 1. The van der Waals surface area contributed by atoms with Crippen molar-refractivity contribution < 1.29 is 23.8 Å². The van der Waals surface area contributed by atoms with Crippen molar-refractivity contribution in [1.29, 1.82) is 0 Å². The number of hydrogen-bond donors (Lipinski definition) is 2. The number of nitrogens with zero attached hydrogens (tertiary/aromatic N) is 2. The number of ether oxygens (including phenoxy) is 1. The van der Waals surface area contributed by atoms with E-state index in [9.17, 15) is 19.1 Å². The molecule has 0 bridgehead atoms. The largest absolute Gasteiger partial charge is 0.508 e. The predicted octanol–water partition coefficient (Wildman–Crippen LogP) is 5.00. The summed E-state index contributed by atoms with van der Waals surface area (Å²) in [4.78, 5) is 31.9. The van der Waals surface area contributed by atoms with E-state index in [0.29, 0.717) is 17.8 Å². The molecule has 1 fully saturated rings. The zero-order valence-corrected chi connectivity index (χ0v) is 20.4. The van der Waals surface area contributed by atoms with Gasteiger partial charge in [-0.25, -0.2) is 9.18 Å². The minimum Gasteiger partial charge on any atom is -0.508 e. The Hall–Kier alpha value is -3.16. The third-order valence-electron chi connectivity index (χ3n) is 6.08. The van der Waals surface area contributed by atoms with Gasteiger partial charge in [-0.05, 0) is 69.5 Å². The summed E-state index contributed by atoms with van der Waals surface area (Å²) < 4.78 is 18.7. The SMILES string of the molecule is CC[C@H](C)[C@@H](CN(C(=O)C1CC1c1ccc(F)cn1)c1ccc(O)cc1)NC(=O)OC(C)(C)C. The highest BCUT2D eigenvalue weighted by Gasteiger charge is 2.47. The molecular weight excluding hydrogens is 437 g/mol. The smallest absolute Gasteiger partial charge is 0.407 e. The Bertz CT molecular complexity index is 989. The first-order chi connectivity index (χ1) is 16.0. The van der Waals surface area contributed by atoms with Crippen molar-refractivity contribution in [2.75, 3.05) is 11.4 Å². The number of phenols is 1. The Kier molecular flexibility index (Phi) is 7.79. The molecule has 4 atom stereocenters. The van der Waals surface area contributed by atoms with Gasteiger partial charge in [0.2, 0.25) is 5.91 Å². The molecule has 2 amide bonds. The molecule has 0 radical (unpaired) electrons. The minimum absolute atomic E-state index is 0.0754. The first kappa shape index (κ1) is 25.5. The normalized spacial score (nSPS) is 19.1. The second-order valence-corrected chi connectivity index (χ2v) is 9.95. The van der Waals surface area contributed by atoms with Gasteiger partial charge >= 0.3 is 6.09 Å². The van der Waals surface area contributed by atoms with Crippen LogP contribution in [-0.4, -0.2) is 40.3 Å². The van der Waals surface area contributed by atoms with E-state index >= 15 is 0 Å². The van der Waals surface area contributed by atoms with E-state index in [1.54, 1.807) is 43.9 Å². The fraction of sp³-hybridized carbons (Fsp3) is 0.500. The maximum Gasteiger partial charge on any atom is 0.407 e. The average molecular weight is 472 g/mol. The molecule has 7 nitrogen and oxygen atoms in total. The van der Waals surface area contributed by atoms with E-state index in [1.165, 1.54) is 18.2 Å². The summed E-state index contributed by atoms with van der Waals surface area (Å²) >= 11 is 0. The summed E-state index contributed by atoms with van der Waals surface area (Å²) in [6.45, 7) is 9.69. The molecule has 184 valence electrons. The summed E-state index contributed by atoms with van der Waals surface area (Å²) in [6.07, 6.45) is 2.05. The molecule has 2 aromatic rings. The van der Waals surface area contributed by atoms with Gasteiger partial charge in [-0.15, -0.1) is 0 Å². The van der Waals surface area contributed by atoms with Crippen molar-refractivity contribution in [3.8, 4) is 5.75 Å². The topological polar surface area (TPSA) is 91.8 Å². The lowest BCUT2D eigenvalue weighted by atomic mass is 9.98. The lowest BCUT2D eigenvalue weighted by Gasteiger charge is -2.32. The zero-order chi connectivity index (χ0) is 25.0. The number of carbonyl (C=O) groups is 2. The van der Waals surface area contributed by atoms with Gasteiger partial charge in [-0.3, -0.25) is 9.78 Å². The Morgan fingerprint density at radius 3 is 2.47 bits per heavy atom. The van der Waals surface area contributed by atoms with Gasteiger partial charge in [0, 0.05) is 29.8 Å². The molecule has 8 heteroatoms. The fourth-order valence-corrected chi connectivity index (χ4v) is 3.86. The summed E-state index contributed by atoms with van der Waals surface area (Å²) in [7, 11) is 0. The van der Waals surface area contributed by atoms with Gasteiger partial charge in [0.15, 0.2) is 0 Å². The van der Waals surface area contributed by atoms with Crippen LogP contribution in [0.3, 0.4) is 0 Å². The summed E-state index contributed by atoms with van der Waals surface area (Å²) in [6, 6.07) is 9.04. The quantitative estimate of drug-likeness (QED) is 0.565. The summed E-state index contributed by atoms with van der Waals surface area (Å²) in [5.41, 5.74) is 0.676. The van der Waals surface area contributed by atoms with E-state index in [1.807, 2.05) is 13.8 Å². The Morgan fingerprint density at radius 1 is 1.24 bits per heavy atom. The number of amides is 2. The molecule has 2 unspecified atom stereocenters.